The average molecular weight is 414 g/mol. The predicted octanol–water partition coefficient (Wildman–Crippen LogP) is 4.51. The fraction of sp³-hybridized carbons (Fsp3) is 0.269. The van der Waals surface area contributed by atoms with Gasteiger partial charge in [-0.05, 0) is 41.3 Å². The molecule has 0 saturated carbocycles. The van der Waals surface area contributed by atoms with Gasteiger partial charge in [0.05, 0.1) is 18.9 Å². The lowest BCUT2D eigenvalue weighted by Gasteiger charge is -2.37. The smallest absolute Gasteiger partial charge is 0.166 e. The Balaban J connectivity index is 1.30. The van der Waals surface area contributed by atoms with Gasteiger partial charge in [0.15, 0.2) is 11.5 Å². The quantitative estimate of drug-likeness (QED) is 0.625. The third-order valence-electron chi connectivity index (χ3n) is 6.15. The molecule has 5 nitrogen and oxygen atoms in total. The number of piperazine rings is 1. The number of phenolic OH excluding ortho intramolecular Hbond substituents is 1. The molecular weight excluding hydrogens is 386 g/mol. The van der Waals surface area contributed by atoms with E-state index in [0.717, 1.165) is 26.2 Å². The number of phenols is 1. The molecule has 1 fully saturated rings. The second-order valence-corrected chi connectivity index (χ2v) is 7.94. The van der Waals surface area contributed by atoms with Gasteiger partial charge in [-0.15, -0.1) is 0 Å². The van der Waals surface area contributed by atoms with Gasteiger partial charge in [0.1, 0.15) is 0 Å². The number of rotatable bonds is 5. The fourth-order valence-electron chi connectivity index (χ4n) is 4.67. The minimum absolute atomic E-state index is 0.144. The van der Waals surface area contributed by atoms with E-state index in [2.05, 4.69) is 63.5 Å². The van der Waals surface area contributed by atoms with Crippen LogP contribution in [-0.2, 0) is 0 Å². The summed E-state index contributed by atoms with van der Waals surface area (Å²) in [5.41, 5.74) is 6.19. The van der Waals surface area contributed by atoms with Crippen LogP contribution in [0.4, 0.5) is 0 Å². The van der Waals surface area contributed by atoms with Gasteiger partial charge in [0.25, 0.3) is 0 Å². The first-order chi connectivity index (χ1) is 15.3. The second-order valence-electron chi connectivity index (χ2n) is 7.94. The normalized spacial score (nSPS) is 16.5. The second kappa shape index (κ2) is 8.44. The summed E-state index contributed by atoms with van der Waals surface area (Å²) in [7, 11) is 0. The highest BCUT2D eigenvalue weighted by Gasteiger charge is 2.33. The lowest BCUT2D eigenvalue weighted by Crippen LogP contribution is -2.45. The zero-order valence-corrected chi connectivity index (χ0v) is 17.7. The van der Waals surface area contributed by atoms with E-state index in [1.165, 1.54) is 22.3 Å². The summed E-state index contributed by atoms with van der Waals surface area (Å²) in [6.45, 7) is 6.00. The van der Waals surface area contributed by atoms with Crippen molar-refractivity contribution in [2.45, 2.75) is 13.0 Å². The number of nitrogens with zero attached hydrogens (tertiary/aromatic N) is 3. The number of benzene rings is 3. The Morgan fingerprint density at radius 1 is 0.903 bits per heavy atom. The zero-order chi connectivity index (χ0) is 21.2. The molecule has 0 atom stereocenters. The molecule has 0 amide bonds. The monoisotopic (exact) mass is 413 g/mol. The number of fused-ring (bicyclic) bond motifs is 3. The van der Waals surface area contributed by atoms with E-state index in [1.54, 1.807) is 12.3 Å². The van der Waals surface area contributed by atoms with Crippen molar-refractivity contribution in [3.8, 4) is 22.6 Å². The van der Waals surface area contributed by atoms with E-state index >= 15 is 0 Å². The summed E-state index contributed by atoms with van der Waals surface area (Å²) in [5.74, 6) is 0.640. The Morgan fingerprint density at radius 2 is 1.55 bits per heavy atom. The molecule has 2 aliphatic rings. The minimum atomic E-state index is 0.144. The van der Waals surface area contributed by atoms with E-state index in [4.69, 9.17) is 4.74 Å². The summed E-state index contributed by atoms with van der Waals surface area (Å²) in [4.78, 5) is 2.56. The molecule has 1 saturated heterocycles. The van der Waals surface area contributed by atoms with Gasteiger partial charge in [-0.2, -0.15) is 5.10 Å². The molecule has 5 rings (SSSR count). The number of hydrogen-bond acceptors (Lipinski definition) is 5. The predicted molar refractivity (Wildman–Crippen MR) is 124 cm³/mol. The van der Waals surface area contributed by atoms with Crippen molar-refractivity contribution in [3.05, 3.63) is 83.4 Å². The molecule has 0 radical (unpaired) electrons. The summed E-state index contributed by atoms with van der Waals surface area (Å²) in [6.07, 6.45) is 1.73. The van der Waals surface area contributed by atoms with Crippen molar-refractivity contribution in [2.75, 3.05) is 32.8 Å². The third kappa shape index (κ3) is 3.66. The van der Waals surface area contributed by atoms with Gasteiger partial charge >= 0.3 is 0 Å². The highest BCUT2D eigenvalue weighted by atomic mass is 16.5. The van der Waals surface area contributed by atoms with Gasteiger partial charge in [-0.3, -0.25) is 9.91 Å². The maximum Gasteiger partial charge on any atom is 0.166 e. The zero-order valence-electron chi connectivity index (χ0n) is 17.7. The van der Waals surface area contributed by atoms with E-state index in [0.29, 0.717) is 24.0 Å². The number of ether oxygens (including phenoxy) is 1. The first-order valence-corrected chi connectivity index (χ1v) is 10.9. The van der Waals surface area contributed by atoms with E-state index in [1.807, 2.05) is 19.1 Å². The highest BCUT2D eigenvalue weighted by Crippen LogP contribution is 2.46. The van der Waals surface area contributed by atoms with Crippen LogP contribution in [0.2, 0.25) is 0 Å². The molecule has 3 aromatic carbocycles. The van der Waals surface area contributed by atoms with Crippen LogP contribution in [-0.4, -0.2) is 54.0 Å². The van der Waals surface area contributed by atoms with Gasteiger partial charge < -0.3 is 9.84 Å². The van der Waals surface area contributed by atoms with Gasteiger partial charge in [0, 0.05) is 31.7 Å². The molecule has 31 heavy (non-hydrogen) atoms. The maximum absolute atomic E-state index is 10.4. The summed E-state index contributed by atoms with van der Waals surface area (Å²) < 4.78 is 5.47. The molecule has 0 spiro atoms. The van der Waals surface area contributed by atoms with Crippen molar-refractivity contribution in [3.63, 3.8) is 0 Å². The van der Waals surface area contributed by atoms with Crippen LogP contribution < -0.4 is 4.74 Å². The molecule has 158 valence electrons. The van der Waals surface area contributed by atoms with E-state index in [-0.39, 0.29) is 5.75 Å². The molecule has 3 aromatic rings. The van der Waals surface area contributed by atoms with Crippen molar-refractivity contribution < 1.29 is 9.84 Å². The molecule has 5 heteroatoms. The first-order valence-electron chi connectivity index (χ1n) is 10.9. The van der Waals surface area contributed by atoms with Crippen LogP contribution in [0.15, 0.2) is 71.8 Å². The lowest BCUT2D eigenvalue weighted by molar-refractivity contribution is 0.114. The lowest BCUT2D eigenvalue weighted by atomic mass is 10.0. The van der Waals surface area contributed by atoms with Crippen LogP contribution in [0.25, 0.3) is 11.1 Å². The molecule has 0 aromatic heterocycles. The first kappa shape index (κ1) is 19.6. The third-order valence-corrected chi connectivity index (χ3v) is 6.15. The van der Waals surface area contributed by atoms with Crippen LogP contribution in [0.5, 0.6) is 11.5 Å². The molecule has 1 aliphatic carbocycles. The molecule has 1 heterocycles. The minimum Gasteiger partial charge on any atom is -0.504 e. The van der Waals surface area contributed by atoms with Gasteiger partial charge in [0.2, 0.25) is 0 Å². The maximum atomic E-state index is 10.4. The summed E-state index contributed by atoms with van der Waals surface area (Å²) in [6, 6.07) is 23.3. The van der Waals surface area contributed by atoms with Crippen LogP contribution in [0.1, 0.15) is 29.7 Å². The van der Waals surface area contributed by atoms with E-state index in [9.17, 15) is 5.11 Å². The fourth-order valence-corrected chi connectivity index (χ4v) is 4.67. The van der Waals surface area contributed by atoms with E-state index < -0.39 is 0 Å². The van der Waals surface area contributed by atoms with Crippen LogP contribution in [0.3, 0.4) is 0 Å². The number of para-hydroxylation sites is 1. The van der Waals surface area contributed by atoms with Gasteiger partial charge in [-0.1, -0.05) is 54.6 Å². The number of hydrazone groups is 1. The summed E-state index contributed by atoms with van der Waals surface area (Å²) in [5, 5.41) is 17.1. The van der Waals surface area contributed by atoms with Crippen molar-refractivity contribution >= 4 is 6.21 Å². The van der Waals surface area contributed by atoms with Crippen LogP contribution in [0, 0.1) is 0 Å². The topological polar surface area (TPSA) is 48.3 Å². The van der Waals surface area contributed by atoms with Gasteiger partial charge in [-0.25, -0.2) is 0 Å². The van der Waals surface area contributed by atoms with Crippen molar-refractivity contribution in [2.24, 2.45) is 5.10 Å². The van der Waals surface area contributed by atoms with Crippen LogP contribution >= 0.6 is 0 Å². The Morgan fingerprint density at radius 3 is 2.19 bits per heavy atom. The molecule has 1 N–H and O–H groups in total. The van der Waals surface area contributed by atoms with Crippen molar-refractivity contribution in [1.82, 2.24) is 9.91 Å². The highest BCUT2D eigenvalue weighted by molar-refractivity contribution is 5.84. The number of hydrogen-bond donors (Lipinski definition) is 1. The Bertz CT molecular complexity index is 1060. The summed E-state index contributed by atoms with van der Waals surface area (Å²) >= 11 is 0. The Hall–Kier alpha value is -3.31. The molecule has 0 bridgehead atoms. The molecule has 0 unspecified atom stereocenters. The SMILES string of the molecule is CCOc1cccc(/C=N\N2CCN(C3c4ccccc4-c4ccccc43)CC2)c1O. The Kier molecular flexibility index (Phi) is 5.35. The standard InChI is InChI=1S/C26H27N3O2/c1-2-31-24-13-7-8-19(26(24)30)18-27-29-16-14-28(15-17-29)25-22-11-5-3-9-20(22)21-10-4-6-12-23(21)25/h3-13,18,25,30H,2,14-17H2,1H3/b27-18-. The Labute approximate surface area is 183 Å². The molecular formula is C26H27N3O2. The van der Waals surface area contributed by atoms with Crippen molar-refractivity contribution in [1.29, 1.82) is 0 Å². The largest absolute Gasteiger partial charge is 0.504 e. The number of aromatic hydroxyl groups is 1. The molecule has 1 aliphatic heterocycles. The average Bonchev–Trinajstić information content (AvgIpc) is 3.15.